The summed E-state index contributed by atoms with van der Waals surface area (Å²) in [4.78, 5) is 12.0. The minimum Gasteiger partial charge on any atom is -0.493 e. The topological polar surface area (TPSA) is 54.0 Å². The van der Waals surface area contributed by atoms with Gasteiger partial charge in [0.1, 0.15) is 0 Å². The van der Waals surface area contributed by atoms with Crippen LogP contribution in [-0.2, 0) is 4.79 Å². The fraction of sp³-hybridized carbons (Fsp3) is 0.211. The highest BCUT2D eigenvalue weighted by Crippen LogP contribution is 2.36. The predicted octanol–water partition coefficient (Wildman–Crippen LogP) is 4.37. The Labute approximate surface area is 151 Å². The van der Waals surface area contributed by atoms with Crippen LogP contribution in [0.5, 0.6) is 23.0 Å². The van der Waals surface area contributed by atoms with Crippen LogP contribution in [-0.4, -0.2) is 26.8 Å². The van der Waals surface area contributed by atoms with E-state index in [-0.39, 0.29) is 0 Å². The molecular formula is C19H19ClO5. The Morgan fingerprint density at radius 1 is 1.08 bits per heavy atom. The van der Waals surface area contributed by atoms with Crippen LogP contribution in [0.4, 0.5) is 0 Å². The maximum atomic E-state index is 12.0. The summed E-state index contributed by atoms with van der Waals surface area (Å²) in [6, 6.07) is 10.3. The SMILES string of the molecule is CCOc1c(Cl)cc(/C=C/C(=O)Oc2ccccc2OC)cc1OC. The first-order valence-corrected chi connectivity index (χ1v) is 8.00. The molecule has 2 aromatic carbocycles. The van der Waals surface area contributed by atoms with Crippen LogP contribution >= 0.6 is 11.6 Å². The summed E-state index contributed by atoms with van der Waals surface area (Å²) in [6.07, 6.45) is 2.89. The average Bonchev–Trinajstić information content (AvgIpc) is 2.62. The summed E-state index contributed by atoms with van der Waals surface area (Å²) in [5.41, 5.74) is 0.683. The van der Waals surface area contributed by atoms with Crippen molar-refractivity contribution < 1.29 is 23.7 Å². The first-order chi connectivity index (χ1) is 12.1. The van der Waals surface area contributed by atoms with Gasteiger partial charge in [-0.3, -0.25) is 0 Å². The van der Waals surface area contributed by atoms with Gasteiger partial charge in [-0.05, 0) is 42.8 Å². The summed E-state index contributed by atoms with van der Waals surface area (Å²) in [7, 11) is 3.04. The molecule has 0 aliphatic carbocycles. The summed E-state index contributed by atoms with van der Waals surface area (Å²) >= 11 is 6.21. The van der Waals surface area contributed by atoms with Gasteiger partial charge in [0.05, 0.1) is 25.8 Å². The molecule has 0 N–H and O–H groups in total. The summed E-state index contributed by atoms with van der Waals surface area (Å²) in [5, 5.41) is 0.402. The zero-order valence-electron chi connectivity index (χ0n) is 14.2. The molecule has 0 unspecified atom stereocenters. The molecule has 0 atom stereocenters. The highest BCUT2D eigenvalue weighted by Gasteiger charge is 2.11. The van der Waals surface area contributed by atoms with E-state index < -0.39 is 5.97 Å². The van der Waals surface area contributed by atoms with Gasteiger partial charge in [0.2, 0.25) is 0 Å². The third-order valence-corrected chi connectivity index (χ3v) is 3.51. The van der Waals surface area contributed by atoms with Crippen LogP contribution in [0.2, 0.25) is 5.02 Å². The smallest absolute Gasteiger partial charge is 0.336 e. The Bertz CT molecular complexity index is 770. The molecule has 0 spiro atoms. The molecule has 0 amide bonds. The number of esters is 1. The highest BCUT2D eigenvalue weighted by molar-refractivity contribution is 6.32. The number of rotatable bonds is 7. The number of para-hydroxylation sites is 2. The van der Waals surface area contributed by atoms with Crippen molar-refractivity contribution in [1.29, 1.82) is 0 Å². The number of carbonyl (C=O) groups excluding carboxylic acids is 1. The predicted molar refractivity (Wildman–Crippen MR) is 96.8 cm³/mol. The Morgan fingerprint density at radius 3 is 2.40 bits per heavy atom. The summed E-state index contributed by atoms with van der Waals surface area (Å²) in [5.74, 6) is 1.26. The lowest BCUT2D eigenvalue weighted by atomic mass is 10.2. The molecule has 132 valence electrons. The summed E-state index contributed by atoms with van der Waals surface area (Å²) < 4.78 is 21.1. The molecule has 2 aromatic rings. The van der Waals surface area contributed by atoms with E-state index in [0.717, 1.165) is 0 Å². The van der Waals surface area contributed by atoms with Crippen molar-refractivity contribution in [2.24, 2.45) is 0 Å². The molecule has 0 aliphatic heterocycles. The van der Waals surface area contributed by atoms with E-state index >= 15 is 0 Å². The van der Waals surface area contributed by atoms with E-state index in [0.29, 0.717) is 40.2 Å². The van der Waals surface area contributed by atoms with Crippen molar-refractivity contribution in [2.75, 3.05) is 20.8 Å². The summed E-state index contributed by atoms with van der Waals surface area (Å²) in [6.45, 7) is 2.33. The fourth-order valence-electron chi connectivity index (χ4n) is 2.13. The Kier molecular flexibility index (Phi) is 6.71. The molecule has 0 saturated heterocycles. The number of halogens is 1. The quantitative estimate of drug-likeness (QED) is 0.416. The molecule has 6 heteroatoms. The largest absolute Gasteiger partial charge is 0.493 e. The molecule has 2 rings (SSSR count). The van der Waals surface area contributed by atoms with Gasteiger partial charge >= 0.3 is 5.97 Å². The molecule has 0 heterocycles. The lowest BCUT2D eigenvalue weighted by Gasteiger charge is -2.11. The van der Waals surface area contributed by atoms with E-state index in [1.807, 2.05) is 6.92 Å². The van der Waals surface area contributed by atoms with Crippen LogP contribution in [0.25, 0.3) is 6.08 Å². The molecule has 0 aromatic heterocycles. The standard InChI is InChI=1S/C19H19ClO5/c1-4-24-19-14(20)11-13(12-17(19)23-3)9-10-18(21)25-16-8-6-5-7-15(16)22-2/h5-12H,4H2,1-3H3/b10-9+. The maximum Gasteiger partial charge on any atom is 0.336 e. The van der Waals surface area contributed by atoms with Gasteiger partial charge in [-0.15, -0.1) is 0 Å². The van der Waals surface area contributed by atoms with Crippen LogP contribution < -0.4 is 18.9 Å². The lowest BCUT2D eigenvalue weighted by Crippen LogP contribution is -2.04. The zero-order chi connectivity index (χ0) is 18.2. The molecule has 0 bridgehead atoms. The minimum absolute atomic E-state index is 0.349. The number of hydrogen-bond acceptors (Lipinski definition) is 5. The van der Waals surface area contributed by atoms with Gasteiger partial charge in [-0.2, -0.15) is 0 Å². The third kappa shape index (κ3) is 4.90. The van der Waals surface area contributed by atoms with Crippen LogP contribution in [0.3, 0.4) is 0 Å². The molecule has 0 fully saturated rings. The van der Waals surface area contributed by atoms with E-state index in [4.69, 9.17) is 30.5 Å². The van der Waals surface area contributed by atoms with Crippen molar-refractivity contribution in [2.45, 2.75) is 6.92 Å². The van der Waals surface area contributed by atoms with Gasteiger partial charge in [0.25, 0.3) is 0 Å². The second kappa shape index (κ2) is 8.99. The molecule has 0 saturated carbocycles. The van der Waals surface area contributed by atoms with Gasteiger partial charge in [-0.1, -0.05) is 23.7 Å². The second-order valence-electron chi connectivity index (χ2n) is 4.87. The molecular weight excluding hydrogens is 344 g/mol. The molecule has 5 nitrogen and oxygen atoms in total. The Morgan fingerprint density at radius 2 is 1.76 bits per heavy atom. The van der Waals surface area contributed by atoms with E-state index in [1.165, 1.54) is 20.3 Å². The Hall–Kier alpha value is -2.66. The monoisotopic (exact) mass is 362 g/mol. The van der Waals surface area contributed by atoms with E-state index in [9.17, 15) is 4.79 Å². The normalized spacial score (nSPS) is 10.6. The molecule has 25 heavy (non-hydrogen) atoms. The maximum absolute atomic E-state index is 12.0. The molecule has 0 radical (unpaired) electrons. The van der Waals surface area contributed by atoms with E-state index in [1.54, 1.807) is 42.5 Å². The molecule has 0 aliphatic rings. The van der Waals surface area contributed by atoms with Gasteiger partial charge in [0.15, 0.2) is 23.0 Å². The van der Waals surface area contributed by atoms with Gasteiger partial charge in [-0.25, -0.2) is 4.79 Å². The van der Waals surface area contributed by atoms with Crippen LogP contribution in [0.1, 0.15) is 12.5 Å². The van der Waals surface area contributed by atoms with Crippen LogP contribution in [0, 0.1) is 0 Å². The fourth-order valence-corrected chi connectivity index (χ4v) is 2.40. The number of ether oxygens (including phenoxy) is 4. The number of hydrogen-bond donors (Lipinski definition) is 0. The lowest BCUT2D eigenvalue weighted by molar-refractivity contribution is -0.129. The van der Waals surface area contributed by atoms with Crippen molar-refractivity contribution >= 4 is 23.6 Å². The third-order valence-electron chi connectivity index (χ3n) is 3.23. The van der Waals surface area contributed by atoms with Gasteiger partial charge < -0.3 is 18.9 Å². The van der Waals surface area contributed by atoms with Crippen molar-refractivity contribution in [3.8, 4) is 23.0 Å². The van der Waals surface area contributed by atoms with Gasteiger partial charge in [0, 0.05) is 6.08 Å². The number of benzene rings is 2. The minimum atomic E-state index is -0.534. The zero-order valence-corrected chi connectivity index (χ0v) is 15.0. The highest BCUT2D eigenvalue weighted by atomic mass is 35.5. The van der Waals surface area contributed by atoms with Crippen LogP contribution in [0.15, 0.2) is 42.5 Å². The second-order valence-corrected chi connectivity index (χ2v) is 5.28. The van der Waals surface area contributed by atoms with Crippen molar-refractivity contribution in [3.63, 3.8) is 0 Å². The first-order valence-electron chi connectivity index (χ1n) is 7.62. The Balaban J connectivity index is 2.15. The number of methoxy groups -OCH3 is 2. The first kappa shape index (κ1) is 18.7. The number of carbonyl (C=O) groups is 1. The van der Waals surface area contributed by atoms with Crippen molar-refractivity contribution in [1.82, 2.24) is 0 Å². The van der Waals surface area contributed by atoms with E-state index in [2.05, 4.69) is 0 Å². The van der Waals surface area contributed by atoms with Crippen molar-refractivity contribution in [3.05, 3.63) is 53.1 Å². The average molecular weight is 363 g/mol.